The van der Waals surface area contributed by atoms with Crippen LogP contribution in [0.5, 0.6) is 0 Å². The molecule has 0 atom stereocenters. The van der Waals surface area contributed by atoms with Crippen LogP contribution < -0.4 is 10.6 Å². The monoisotopic (exact) mass is 371 g/mol. The van der Waals surface area contributed by atoms with Crippen LogP contribution in [0.1, 0.15) is 15.9 Å². The zero-order chi connectivity index (χ0) is 17.8. The van der Waals surface area contributed by atoms with Crippen molar-refractivity contribution in [2.24, 2.45) is 0 Å². The van der Waals surface area contributed by atoms with Crippen LogP contribution in [0, 0.1) is 6.92 Å². The summed E-state index contributed by atoms with van der Waals surface area (Å²) in [5.41, 5.74) is 3.72. The summed E-state index contributed by atoms with van der Waals surface area (Å²) in [5, 5.41) is 7.30. The van der Waals surface area contributed by atoms with E-state index < -0.39 is 0 Å². The van der Waals surface area contributed by atoms with Gasteiger partial charge in [-0.15, -0.1) is 0 Å². The van der Waals surface area contributed by atoms with Gasteiger partial charge in [-0.2, -0.15) is 0 Å². The zero-order valence-corrected chi connectivity index (χ0v) is 14.9. The first-order valence-corrected chi connectivity index (χ1v) is 8.32. The van der Waals surface area contributed by atoms with Crippen molar-refractivity contribution >= 4 is 46.2 Å². The molecule has 0 spiro atoms. The summed E-state index contributed by atoms with van der Waals surface area (Å²) in [7, 11) is 0. The number of carbonyl (C=O) groups is 1. The molecule has 6 heteroatoms. The van der Waals surface area contributed by atoms with E-state index >= 15 is 0 Å². The maximum Gasteiger partial charge on any atom is 0.257 e. The van der Waals surface area contributed by atoms with E-state index in [9.17, 15) is 4.79 Å². The molecule has 2 N–H and O–H groups in total. The van der Waals surface area contributed by atoms with Gasteiger partial charge in [-0.05, 0) is 55.0 Å². The lowest BCUT2D eigenvalue weighted by molar-refractivity contribution is 0.102. The predicted octanol–water partition coefficient (Wildman–Crippen LogP) is 5.69. The van der Waals surface area contributed by atoms with Crippen molar-refractivity contribution in [3.8, 4) is 0 Å². The normalized spacial score (nSPS) is 10.4. The van der Waals surface area contributed by atoms with Crippen LogP contribution in [0.2, 0.25) is 10.0 Å². The smallest absolute Gasteiger partial charge is 0.257 e. The van der Waals surface area contributed by atoms with E-state index in [0.717, 1.165) is 11.3 Å². The second-order valence-electron chi connectivity index (χ2n) is 5.51. The molecule has 4 nitrogen and oxygen atoms in total. The van der Waals surface area contributed by atoms with Crippen LogP contribution in [-0.2, 0) is 0 Å². The highest BCUT2D eigenvalue weighted by Gasteiger charge is 2.09. The molecule has 25 heavy (non-hydrogen) atoms. The Morgan fingerprint density at radius 1 is 0.920 bits per heavy atom. The average Bonchev–Trinajstić information content (AvgIpc) is 2.60. The predicted molar refractivity (Wildman–Crippen MR) is 103 cm³/mol. The topological polar surface area (TPSA) is 54.0 Å². The fourth-order valence-electron chi connectivity index (χ4n) is 2.25. The van der Waals surface area contributed by atoms with Crippen molar-refractivity contribution in [2.75, 3.05) is 10.6 Å². The number of benzene rings is 2. The molecular weight excluding hydrogens is 357 g/mol. The molecule has 0 unspecified atom stereocenters. The maximum absolute atomic E-state index is 12.4. The Bertz CT molecular complexity index is 911. The van der Waals surface area contributed by atoms with E-state index in [1.807, 2.05) is 25.1 Å². The molecule has 0 aliphatic carbocycles. The quantitative estimate of drug-likeness (QED) is 0.618. The Morgan fingerprint density at radius 2 is 1.64 bits per heavy atom. The molecule has 0 aliphatic heterocycles. The number of aromatic nitrogens is 1. The highest BCUT2D eigenvalue weighted by Crippen LogP contribution is 2.24. The number of amides is 1. The Labute approximate surface area is 155 Å². The van der Waals surface area contributed by atoms with Gasteiger partial charge in [0.05, 0.1) is 17.4 Å². The number of halogens is 2. The highest BCUT2D eigenvalue weighted by atomic mass is 35.5. The van der Waals surface area contributed by atoms with Crippen molar-refractivity contribution in [1.82, 2.24) is 4.98 Å². The van der Waals surface area contributed by atoms with Crippen molar-refractivity contribution in [1.29, 1.82) is 0 Å². The molecular formula is C19H15Cl2N3O. The van der Waals surface area contributed by atoms with Gasteiger partial charge in [0.1, 0.15) is 0 Å². The van der Waals surface area contributed by atoms with E-state index in [1.54, 1.807) is 36.5 Å². The molecule has 3 aromatic rings. The minimum absolute atomic E-state index is 0.249. The summed E-state index contributed by atoms with van der Waals surface area (Å²) < 4.78 is 0. The molecule has 1 aromatic heterocycles. The van der Waals surface area contributed by atoms with E-state index in [2.05, 4.69) is 15.6 Å². The van der Waals surface area contributed by atoms with Crippen molar-refractivity contribution in [3.63, 3.8) is 0 Å². The van der Waals surface area contributed by atoms with E-state index in [1.165, 1.54) is 6.20 Å². The largest absolute Gasteiger partial charge is 0.354 e. The SMILES string of the molecule is Cc1ccc(Cl)cc1Nc1cncc(C(=O)Nc2ccc(Cl)cc2)c1. The summed E-state index contributed by atoms with van der Waals surface area (Å²) in [6, 6.07) is 14.2. The maximum atomic E-state index is 12.4. The standard InChI is InChI=1S/C19H15Cl2N3O/c1-12-2-3-15(21)9-18(12)23-17-8-13(10-22-11-17)19(25)24-16-6-4-14(20)5-7-16/h2-11,23H,1H3,(H,24,25). The van der Waals surface area contributed by atoms with Gasteiger partial charge in [-0.3, -0.25) is 9.78 Å². The molecule has 0 aliphatic rings. The van der Waals surface area contributed by atoms with Crippen molar-refractivity contribution < 1.29 is 4.79 Å². The molecule has 0 radical (unpaired) electrons. The first kappa shape index (κ1) is 17.3. The van der Waals surface area contributed by atoms with Gasteiger partial charge in [0.15, 0.2) is 0 Å². The molecule has 2 aromatic carbocycles. The Kier molecular flexibility index (Phi) is 5.22. The Balaban J connectivity index is 1.77. The lowest BCUT2D eigenvalue weighted by atomic mass is 10.2. The number of aryl methyl sites for hydroxylation is 1. The third kappa shape index (κ3) is 4.50. The average molecular weight is 372 g/mol. The van der Waals surface area contributed by atoms with E-state index in [-0.39, 0.29) is 5.91 Å². The van der Waals surface area contributed by atoms with Gasteiger partial charge in [0.2, 0.25) is 0 Å². The van der Waals surface area contributed by atoms with Crippen molar-refractivity contribution in [3.05, 3.63) is 82.1 Å². The van der Waals surface area contributed by atoms with Crippen LogP contribution in [0.15, 0.2) is 60.9 Å². The van der Waals surface area contributed by atoms with Gasteiger partial charge in [0.25, 0.3) is 5.91 Å². The van der Waals surface area contributed by atoms with Crippen LogP contribution in [0.4, 0.5) is 17.1 Å². The second kappa shape index (κ2) is 7.55. The van der Waals surface area contributed by atoms with E-state index in [0.29, 0.717) is 27.0 Å². The number of hydrogen-bond acceptors (Lipinski definition) is 3. The minimum Gasteiger partial charge on any atom is -0.354 e. The summed E-state index contributed by atoms with van der Waals surface area (Å²) in [5.74, 6) is -0.249. The molecule has 0 fully saturated rings. The molecule has 0 saturated carbocycles. The van der Waals surface area contributed by atoms with Gasteiger partial charge in [-0.1, -0.05) is 29.3 Å². The lowest BCUT2D eigenvalue weighted by Gasteiger charge is -2.11. The van der Waals surface area contributed by atoms with Gasteiger partial charge < -0.3 is 10.6 Å². The number of anilines is 3. The molecule has 1 amide bonds. The second-order valence-corrected chi connectivity index (χ2v) is 6.38. The summed E-state index contributed by atoms with van der Waals surface area (Å²) >= 11 is 11.9. The summed E-state index contributed by atoms with van der Waals surface area (Å²) in [6.07, 6.45) is 3.17. The van der Waals surface area contributed by atoms with Gasteiger partial charge in [0, 0.05) is 27.6 Å². The molecule has 126 valence electrons. The first-order chi connectivity index (χ1) is 12.0. The van der Waals surface area contributed by atoms with Crippen LogP contribution in [0.3, 0.4) is 0 Å². The zero-order valence-electron chi connectivity index (χ0n) is 13.4. The number of nitrogens with zero attached hydrogens (tertiary/aromatic N) is 1. The highest BCUT2D eigenvalue weighted by molar-refractivity contribution is 6.31. The number of nitrogens with one attached hydrogen (secondary N) is 2. The van der Waals surface area contributed by atoms with Crippen LogP contribution >= 0.6 is 23.2 Å². The Morgan fingerprint density at radius 3 is 2.40 bits per heavy atom. The summed E-state index contributed by atoms with van der Waals surface area (Å²) in [6.45, 7) is 1.98. The molecule has 0 saturated heterocycles. The number of rotatable bonds is 4. The number of pyridine rings is 1. The number of hydrogen-bond donors (Lipinski definition) is 2. The molecule has 1 heterocycles. The minimum atomic E-state index is -0.249. The van der Waals surface area contributed by atoms with E-state index in [4.69, 9.17) is 23.2 Å². The fraction of sp³-hybridized carbons (Fsp3) is 0.0526. The third-order valence-corrected chi connectivity index (χ3v) is 4.07. The van der Waals surface area contributed by atoms with Crippen LogP contribution in [-0.4, -0.2) is 10.9 Å². The van der Waals surface area contributed by atoms with Crippen LogP contribution in [0.25, 0.3) is 0 Å². The van der Waals surface area contributed by atoms with Crippen molar-refractivity contribution in [2.45, 2.75) is 6.92 Å². The lowest BCUT2D eigenvalue weighted by Crippen LogP contribution is -2.12. The summed E-state index contributed by atoms with van der Waals surface area (Å²) in [4.78, 5) is 16.5. The Hall–Kier alpha value is -2.56. The fourth-order valence-corrected chi connectivity index (χ4v) is 2.55. The third-order valence-electron chi connectivity index (χ3n) is 3.58. The molecule has 3 rings (SSSR count). The van der Waals surface area contributed by atoms with Gasteiger partial charge >= 0.3 is 0 Å². The van der Waals surface area contributed by atoms with Gasteiger partial charge in [-0.25, -0.2) is 0 Å². The number of carbonyl (C=O) groups excluding carboxylic acids is 1. The first-order valence-electron chi connectivity index (χ1n) is 7.56. The molecule has 0 bridgehead atoms.